The van der Waals surface area contributed by atoms with Gasteiger partial charge in [-0.05, 0) is 19.1 Å². The van der Waals surface area contributed by atoms with Gasteiger partial charge < -0.3 is 10.1 Å². The quantitative estimate of drug-likeness (QED) is 0.900. The highest BCUT2D eigenvalue weighted by atomic mass is 32.2. The number of carbonyl (C=O) groups is 1. The molecule has 0 aliphatic carbocycles. The molecule has 0 radical (unpaired) electrons. The van der Waals surface area contributed by atoms with Gasteiger partial charge in [0, 0.05) is 11.9 Å². The minimum atomic E-state index is -3.37. The maximum Gasteiger partial charge on any atom is 0.257 e. The Morgan fingerprint density at radius 2 is 2.12 bits per heavy atom. The van der Waals surface area contributed by atoms with E-state index < -0.39 is 21.5 Å². The Morgan fingerprint density at radius 3 is 2.88 bits per heavy atom. The molecule has 1 N–H and O–H groups in total. The van der Waals surface area contributed by atoms with Crippen LogP contribution < -0.4 is 5.32 Å². The van der Waals surface area contributed by atoms with E-state index in [1.807, 2.05) is 30.3 Å². The lowest BCUT2D eigenvalue weighted by Gasteiger charge is -2.37. The van der Waals surface area contributed by atoms with Gasteiger partial charge in [0.15, 0.2) is 5.60 Å². The Hall–Kier alpha value is -2.03. The number of hydrogen-bond donors (Lipinski definition) is 1. The molecule has 1 aromatic carbocycles. The van der Waals surface area contributed by atoms with Crippen LogP contribution in [0.1, 0.15) is 6.92 Å². The summed E-state index contributed by atoms with van der Waals surface area (Å²) in [7, 11) is -3.37. The van der Waals surface area contributed by atoms with Crippen molar-refractivity contribution in [3.05, 3.63) is 36.5 Å². The molecule has 1 saturated heterocycles. The molecule has 0 bridgehead atoms. The number of pyridine rings is 1. The van der Waals surface area contributed by atoms with E-state index >= 15 is 0 Å². The summed E-state index contributed by atoms with van der Waals surface area (Å²) in [6, 6.07) is 9.40. The van der Waals surface area contributed by atoms with Crippen molar-refractivity contribution < 1.29 is 17.9 Å². The van der Waals surface area contributed by atoms with Gasteiger partial charge in [-0.25, -0.2) is 8.42 Å². The molecule has 0 spiro atoms. The Balaban J connectivity index is 1.79. The Labute approximate surface area is 140 Å². The molecule has 2 aromatic rings. The second-order valence-electron chi connectivity index (χ2n) is 6.05. The monoisotopic (exact) mass is 349 g/mol. The standard InChI is InChI=1S/C16H19N3O4S/c1-16(11-19(7-8-23-16)24(2,21)22)15(20)18-13-9-12-5-3-4-6-14(12)17-10-13/h3-6,9-10H,7-8,11H2,1-2H3,(H,18,20)/t16-/m1/s1. The fourth-order valence-corrected chi connectivity index (χ4v) is 3.54. The molecule has 1 amide bonds. The average Bonchev–Trinajstić information content (AvgIpc) is 2.54. The number of nitrogens with one attached hydrogen (secondary N) is 1. The van der Waals surface area contributed by atoms with Crippen molar-refractivity contribution in [1.82, 2.24) is 9.29 Å². The number of carbonyl (C=O) groups excluding carboxylic acids is 1. The number of ether oxygens (including phenoxy) is 1. The first-order valence-corrected chi connectivity index (χ1v) is 9.38. The highest BCUT2D eigenvalue weighted by Crippen LogP contribution is 2.23. The highest BCUT2D eigenvalue weighted by Gasteiger charge is 2.41. The summed E-state index contributed by atoms with van der Waals surface area (Å²) in [5.41, 5.74) is 0.131. The van der Waals surface area contributed by atoms with E-state index in [4.69, 9.17) is 4.74 Å². The first-order chi connectivity index (χ1) is 11.3. The molecular formula is C16H19N3O4S. The third kappa shape index (κ3) is 3.40. The van der Waals surface area contributed by atoms with E-state index in [2.05, 4.69) is 10.3 Å². The van der Waals surface area contributed by atoms with Gasteiger partial charge in [0.1, 0.15) is 0 Å². The van der Waals surface area contributed by atoms with Crippen LogP contribution >= 0.6 is 0 Å². The number of anilines is 1. The van der Waals surface area contributed by atoms with Crippen molar-refractivity contribution in [3.63, 3.8) is 0 Å². The maximum absolute atomic E-state index is 12.6. The molecule has 2 heterocycles. The molecule has 1 aliphatic heterocycles. The second-order valence-corrected chi connectivity index (χ2v) is 8.03. The summed E-state index contributed by atoms with van der Waals surface area (Å²) in [6.07, 6.45) is 2.70. The number of rotatable bonds is 3. The van der Waals surface area contributed by atoms with Crippen LogP contribution in [-0.2, 0) is 19.6 Å². The van der Waals surface area contributed by atoms with Crippen molar-refractivity contribution in [1.29, 1.82) is 0 Å². The molecule has 1 atom stereocenters. The average molecular weight is 349 g/mol. The topological polar surface area (TPSA) is 88.6 Å². The fourth-order valence-electron chi connectivity index (χ4n) is 2.66. The molecule has 1 fully saturated rings. The minimum absolute atomic E-state index is 0.0152. The molecule has 8 heteroatoms. The van der Waals surface area contributed by atoms with E-state index in [9.17, 15) is 13.2 Å². The molecule has 1 aliphatic rings. The number of benzene rings is 1. The SMILES string of the molecule is C[C@]1(C(=O)Nc2cnc3ccccc3c2)CN(S(C)(=O)=O)CCO1. The molecule has 0 saturated carbocycles. The van der Waals surface area contributed by atoms with Crippen LogP contribution in [0.2, 0.25) is 0 Å². The van der Waals surface area contributed by atoms with E-state index in [1.165, 1.54) is 4.31 Å². The lowest BCUT2D eigenvalue weighted by molar-refractivity contribution is -0.146. The van der Waals surface area contributed by atoms with Crippen molar-refractivity contribution >= 4 is 32.5 Å². The zero-order valence-corrected chi connectivity index (χ0v) is 14.3. The zero-order valence-electron chi connectivity index (χ0n) is 13.5. The first kappa shape index (κ1) is 16.8. The smallest absolute Gasteiger partial charge is 0.257 e. The molecule has 0 unspecified atom stereocenters. The van der Waals surface area contributed by atoms with Crippen LogP contribution in [-0.4, -0.2) is 55.2 Å². The predicted molar refractivity (Wildman–Crippen MR) is 91.1 cm³/mol. The molecule has 24 heavy (non-hydrogen) atoms. The van der Waals surface area contributed by atoms with Gasteiger partial charge in [-0.2, -0.15) is 4.31 Å². The van der Waals surface area contributed by atoms with Crippen molar-refractivity contribution in [2.45, 2.75) is 12.5 Å². The van der Waals surface area contributed by atoms with E-state index in [1.54, 1.807) is 13.1 Å². The molecule has 1 aromatic heterocycles. The van der Waals surface area contributed by atoms with Gasteiger partial charge in [-0.1, -0.05) is 18.2 Å². The van der Waals surface area contributed by atoms with Crippen LogP contribution in [0.4, 0.5) is 5.69 Å². The fraction of sp³-hybridized carbons (Fsp3) is 0.375. The van der Waals surface area contributed by atoms with Gasteiger partial charge in [-0.3, -0.25) is 9.78 Å². The third-order valence-corrected chi connectivity index (χ3v) is 5.29. The molecular weight excluding hydrogens is 330 g/mol. The number of nitrogens with zero attached hydrogens (tertiary/aromatic N) is 2. The Kier molecular flexibility index (Phi) is 4.29. The lowest BCUT2D eigenvalue weighted by atomic mass is 10.0. The third-order valence-electron chi connectivity index (χ3n) is 4.04. The number of fused-ring (bicyclic) bond motifs is 1. The summed E-state index contributed by atoms with van der Waals surface area (Å²) >= 11 is 0. The predicted octanol–water partition coefficient (Wildman–Crippen LogP) is 1.22. The van der Waals surface area contributed by atoms with E-state index in [0.29, 0.717) is 5.69 Å². The van der Waals surface area contributed by atoms with Crippen LogP contribution in [0.5, 0.6) is 0 Å². The van der Waals surface area contributed by atoms with Crippen LogP contribution in [0.15, 0.2) is 36.5 Å². The summed E-state index contributed by atoms with van der Waals surface area (Å²) in [4.78, 5) is 16.9. The van der Waals surface area contributed by atoms with Crippen molar-refractivity contribution in [3.8, 4) is 0 Å². The number of amides is 1. The second kappa shape index (κ2) is 6.12. The number of hydrogen-bond acceptors (Lipinski definition) is 5. The van der Waals surface area contributed by atoms with Crippen molar-refractivity contribution in [2.24, 2.45) is 0 Å². The number of sulfonamides is 1. The first-order valence-electron chi connectivity index (χ1n) is 7.53. The highest BCUT2D eigenvalue weighted by molar-refractivity contribution is 7.88. The summed E-state index contributed by atoms with van der Waals surface area (Å²) < 4.78 is 30.3. The molecule has 128 valence electrons. The lowest BCUT2D eigenvalue weighted by Crippen LogP contribution is -2.57. The number of aromatic nitrogens is 1. The van der Waals surface area contributed by atoms with Crippen LogP contribution in [0.25, 0.3) is 10.9 Å². The van der Waals surface area contributed by atoms with Gasteiger partial charge in [0.05, 0.1) is 36.8 Å². The van der Waals surface area contributed by atoms with E-state index in [-0.39, 0.29) is 19.7 Å². The Morgan fingerprint density at radius 1 is 1.38 bits per heavy atom. The van der Waals surface area contributed by atoms with Gasteiger partial charge in [-0.15, -0.1) is 0 Å². The van der Waals surface area contributed by atoms with E-state index in [0.717, 1.165) is 17.2 Å². The van der Waals surface area contributed by atoms with Crippen molar-refractivity contribution in [2.75, 3.05) is 31.3 Å². The minimum Gasteiger partial charge on any atom is -0.363 e. The van der Waals surface area contributed by atoms with Crippen LogP contribution in [0.3, 0.4) is 0 Å². The number of morpholine rings is 1. The molecule has 3 rings (SSSR count). The maximum atomic E-state index is 12.6. The summed E-state index contributed by atoms with van der Waals surface area (Å²) in [5.74, 6) is -0.395. The summed E-state index contributed by atoms with van der Waals surface area (Å²) in [6.45, 7) is 2.00. The summed E-state index contributed by atoms with van der Waals surface area (Å²) in [5, 5.41) is 3.67. The Bertz CT molecular complexity index is 884. The number of para-hydroxylation sites is 1. The zero-order chi connectivity index (χ0) is 17.4. The van der Waals surface area contributed by atoms with Gasteiger partial charge >= 0.3 is 0 Å². The van der Waals surface area contributed by atoms with Gasteiger partial charge in [0.2, 0.25) is 10.0 Å². The normalized spacial score (nSPS) is 22.4. The van der Waals surface area contributed by atoms with Gasteiger partial charge in [0.25, 0.3) is 5.91 Å². The largest absolute Gasteiger partial charge is 0.363 e. The molecule has 7 nitrogen and oxygen atoms in total. The van der Waals surface area contributed by atoms with Crippen LogP contribution in [0, 0.1) is 0 Å².